The molecule has 21 heavy (non-hydrogen) atoms. The van der Waals surface area contributed by atoms with Crippen molar-refractivity contribution in [2.24, 2.45) is 0 Å². The zero-order chi connectivity index (χ0) is 15.6. The molecule has 0 aromatic rings. The molecule has 0 spiro atoms. The van der Waals surface area contributed by atoms with Crippen LogP contribution in [-0.4, -0.2) is 79.1 Å². The molecule has 2 rings (SSSR count). The molecule has 2 bridgehead atoms. The van der Waals surface area contributed by atoms with Gasteiger partial charge < -0.3 is 9.80 Å². The Balaban J connectivity index is 1.86. The Morgan fingerprint density at radius 2 is 2.10 bits per heavy atom. The Bertz CT molecular complexity index is 441. The Morgan fingerprint density at radius 3 is 2.71 bits per heavy atom. The van der Waals surface area contributed by atoms with E-state index in [0.717, 1.165) is 0 Å². The van der Waals surface area contributed by atoms with Gasteiger partial charge in [0.2, 0.25) is 0 Å². The van der Waals surface area contributed by atoms with Crippen molar-refractivity contribution >= 4 is 17.8 Å². The second-order valence-electron chi connectivity index (χ2n) is 5.23. The largest absolute Gasteiger partial charge is 0.347 e. The first-order valence-electron chi connectivity index (χ1n) is 6.71. The third-order valence-corrected chi connectivity index (χ3v) is 3.69. The molecule has 0 aromatic carbocycles. The molecule has 1 N–H and O–H groups in total. The van der Waals surface area contributed by atoms with E-state index in [1.165, 1.54) is 22.0 Å². The third-order valence-electron chi connectivity index (χ3n) is 3.69. The van der Waals surface area contributed by atoms with Crippen LogP contribution in [0.25, 0.3) is 0 Å². The molecule has 0 aliphatic carbocycles. The first-order chi connectivity index (χ1) is 9.95. The molecule has 118 valence electrons. The Morgan fingerprint density at radius 1 is 1.38 bits per heavy atom. The molecular weight excluding hydrogens is 280 g/mol. The van der Waals surface area contributed by atoms with Crippen LogP contribution >= 0.6 is 0 Å². The summed E-state index contributed by atoms with van der Waals surface area (Å²) < 4.78 is 0. The summed E-state index contributed by atoms with van der Waals surface area (Å²) >= 11 is 0. The average Bonchev–Trinajstić information content (AvgIpc) is 2.70. The summed E-state index contributed by atoms with van der Waals surface area (Å²) in [5.74, 6) is -0.687. The highest BCUT2D eigenvalue weighted by Crippen LogP contribution is 2.29. The molecule has 0 aromatic heterocycles. The second kappa shape index (κ2) is 6.27. The standard InChI is InChI=1S/C12H20N4O5/c1-14(2)10(17)7-21-13-11(18)9-5-4-8-6-15(9)12(19)16(8)20-3/h8-9H,4-7H2,1-3H3,(H,13,18)/t8-,9+/m1/s1. The van der Waals surface area contributed by atoms with Crippen molar-refractivity contribution in [2.45, 2.75) is 24.9 Å². The van der Waals surface area contributed by atoms with Crippen LogP contribution in [0.15, 0.2) is 0 Å². The number of hydrogen-bond acceptors (Lipinski definition) is 5. The Labute approximate surface area is 122 Å². The lowest BCUT2D eigenvalue weighted by atomic mass is 10.0. The number of carbonyl (C=O) groups is 3. The third kappa shape index (κ3) is 3.08. The maximum atomic E-state index is 12.1. The SMILES string of the molecule is CON1C(=O)N2C[C@H]1CC[C@H]2C(=O)NOCC(=O)N(C)C. The van der Waals surface area contributed by atoms with Gasteiger partial charge in [0.1, 0.15) is 6.04 Å². The van der Waals surface area contributed by atoms with Gasteiger partial charge in [-0.2, -0.15) is 5.06 Å². The van der Waals surface area contributed by atoms with E-state index in [0.29, 0.717) is 19.4 Å². The van der Waals surface area contributed by atoms with Gasteiger partial charge in [-0.25, -0.2) is 10.3 Å². The minimum atomic E-state index is -0.594. The molecule has 0 unspecified atom stereocenters. The highest BCUT2D eigenvalue weighted by atomic mass is 16.7. The van der Waals surface area contributed by atoms with E-state index in [1.807, 2.05) is 0 Å². The molecule has 2 saturated heterocycles. The highest BCUT2D eigenvalue weighted by Gasteiger charge is 2.47. The maximum Gasteiger partial charge on any atom is 0.345 e. The van der Waals surface area contributed by atoms with Crippen molar-refractivity contribution in [1.82, 2.24) is 20.3 Å². The van der Waals surface area contributed by atoms with Crippen molar-refractivity contribution in [3.8, 4) is 0 Å². The molecule has 2 fully saturated rings. The number of rotatable bonds is 5. The van der Waals surface area contributed by atoms with E-state index < -0.39 is 11.9 Å². The van der Waals surface area contributed by atoms with Crippen LogP contribution in [0.3, 0.4) is 0 Å². The van der Waals surface area contributed by atoms with E-state index in [4.69, 9.17) is 9.68 Å². The van der Waals surface area contributed by atoms with Gasteiger partial charge in [0.15, 0.2) is 6.61 Å². The van der Waals surface area contributed by atoms with E-state index in [9.17, 15) is 14.4 Å². The molecule has 0 radical (unpaired) electrons. The van der Waals surface area contributed by atoms with Gasteiger partial charge in [-0.15, -0.1) is 0 Å². The van der Waals surface area contributed by atoms with Crippen molar-refractivity contribution in [3.05, 3.63) is 0 Å². The van der Waals surface area contributed by atoms with Gasteiger partial charge in [0, 0.05) is 20.6 Å². The molecule has 2 heterocycles. The minimum Gasteiger partial charge on any atom is -0.347 e. The van der Waals surface area contributed by atoms with Crippen LogP contribution in [0.4, 0.5) is 4.79 Å². The van der Waals surface area contributed by atoms with Crippen LogP contribution in [-0.2, 0) is 19.3 Å². The van der Waals surface area contributed by atoms with Gasteiger partial charge in [0.25, 0.3) is 11.8 Å². The highest BCUT2D eigenvalue weighted by molar-refractivity contribution is 5.88. The predicted octanol–water partition coefficient (Wildman–Crippen LogP) is -1.05. The number of likely N-dealkylation sites (N-methyl/N-ethyl adjacent to an activating group) is 1. The predicted molar refractivity (Wildman–Crippen MR) is 70.5 cm³/mol. The maximum absolute atomic E-state index is 12.1. The first kappa shape index (κ1) is 15.5. The zero-order valence-corrected chi connectivity index (χ0v) is 12.4. The van der Waals surface area contributed by atoms with Gasteiger partial charge in [-0.05, 0) is 12.8 Å². The van der Waals surface area contributed by atoms with E-state index >= 15 is 0 Å². The van der Waals surface area contributed by atoms with Crippen LogP contribution < -0.4 is 5.48 Å². The topological polar surface area (TPSA) is 91.4 Å². The van der Waals surface area contributed by atoms with E-state index in [2.05, 4.69) is 5.48 Å². The number of urea groups is 1. The second-order valence-corrected chi connectivity index (χ2v) is 5.23. The summed E-state index contributed by atoms with van der Waals surface area (Å²) in [6, 6.07) is -0.921. The van der Waals surface area contributed by atoms with Crippen LogP contribution in [0.2, 0.25) is 0 Å². The van der Waals surface area contributed by atoms with Crippen molar-refractivity contribution in [3.63, 3.8) is 0 Å². The first-order valence-corrected chi connectivity index (χ1v) is 6.71. The summed E-state index contributed by atoms with van der Waals surface area (Å²) in [6.45, 7) is 0.216. The molecule has 2 atom stereocenters. The molecule has 0 saturated carbocycles. The summed E-state index contributed by atoms with van der Waals surface area (Å²) in [5.41, 5.74) is 2.23. The molecule has 2 aliphatic heterocycles. The zero-order valence-electron chi connectivity index (χ0n) is 12.4. The fourth-order valence-corrected chi connectivity index (χ4v) is 2.50. The van der Waals surface area contributed by atoms with Crippen LogP contribution in [0.5, 0.6) is 0 Å². The Kier molecular flexibility index (Phi) is 4.63. The van der Waals surface area contributed by atoms with Crippen molar-refractivity contribution in [1.29, 1.82) is 0 Å². The van der Waals surface area contributed by atoms with Crippen molar-refractivity contribution in [2.75, 3.05) is 34.4 Å². The van der Waals surface area contributed by atoms with Crippen LogP contribution in [0.1, 0.15) is 12.8 Å². The number of carbonyl (C=O) groups excluding carboxylic acids is 3. The van der Waals surface area contributed by atoms with Gasteiger partial charge >= 0.3 is 6.03 Å². The number of hydroxylamine groups is 3. The summed E-state index contributed by atoms with van der Waals surface area (Å²) in [5, 5.41) is 1.30. The number of nitrogens with zero attached hydrogens (tertiary/aromatic N) is 3. The quantitative estimate of drug-likeness (QED) is 0.654. The fourth-order valence-electron chi connectivity index (χ4n) is 2.50. The molecule has 9 nitrogen and oxygen atoms in total. The number of fused-ring (bicyclic) bond motifs is 2. The van der Waals surface area contributed by atoms with Gasteiger partial charge in [-0.3, -0.25) is 19.3 Å². The molecule has 9 heteroatoms. The van der Waals surface area contributed by atoms with Crippen LogP contribution in [0, 0.1) is 0 Å². The Hall–Kier alpha value is -1.87. The van der Waals surface area contributed by atoms with Crippen molar-refractivity contribution < 1.29 is 24.1 Å². The average molecular weight is 300 g/mol. The number of amides is 4. The fraction of sp³-hybridized carbons (Fsp3) is 0.750. The summed E-state index contributed by atoms with van der Waals surface area (Å²) in [6.07, 6.45) is 1.22. The van der Waals surface area contributed by atoms with Gasteiger partial charge in [-0.1, -0.05) is 0 Å². The van der Waals surface area contributed by atoms with E-state index in [-0.39, 0.29) is 24.6 Å². The molecule has 4 amide bonds. The van der Waals surface area contributed by atoms with Gasteiger partial charge in [0.05, 0.1) is 13.2 Å². The lowest BCUT2D eigenvalue weighted by Crippen LogP contribution is -2.50. The number of hydrogen-bond donors (Lipinski definition) is 1. The lowest BCUT2D eigenvalue weighted by Gasteiger charge is -2.28. The summed E-state index contributed by atoms with van der Waals surface area (Å²) in [7, 11) is 4.62. The smallest absolute Gasteiger partial charge is 0.345 e. The summed E-state index contributed by atoms with van der Waals surface area (Å²) in [4.78, 5) is 48.2. The molecular formula is C12H20N4O5. The lowest BCUT2D eigenvalue weighted by molar-refractivity contribution is -0.146. The molecule has 2 aliphatic rings. The monoisotopic (exact) mass is 300 g/mol. The normalized spacial score (nSPS) is 24.2. The van der Waals surface area contributed by atoms with E-state index in [1.54, 1.807) is 14.1 Å². The number of nitrogens with one attached hydrogen (secondary N) is 1. The number of piperidine rings is 1. The minimum absolute atomic E-state index is 0.0113.